The minimum atomic E-state index is -4.32. The molecule has 0 bridgehead atoms. The first-order valence-electron chi connectivity index (χ1n) is 9.59. The lowest BCUT2D eigenvalue weighted by Gasteiger charge is -2.33. The summed E-state index contributed by atoms with van der Waals surface area (Å²) in [4.78, 5) is 11.8. The molecular weight excluding hydrogens is 424 g/mol. The van der Waals surface area contributed by atoms with Crippen LogP contribution in [0, 0.1) is 22.4 Å². The summed E-state index contributed by atoms with van der Waals surface area (Å²) in [7, 11) is -2.89. The number of non-ortho nitro benzene ring substituents is 1. The topological polar surface area (TPSA) is 149 Å². The Balaban J connectivity index is 1.94. The number of hydrogen-bond acceptors (Lipinski definition) is 7. The third kappa shape index (κ3) is 4.88. The number of nitrogens with two attached hydrogens (primary N) is 1. The quantitative estimate of drug-likeness (QED) is 0.225. The smallest absolute Gasteiger partial charge is 0.339 e. The molecule has 10 nitrogen and oxygen atoms in total. The lowest BCUT2D eigenvalue weighted by atomic mass is 9.88. The molecule has 1 aliphatic heterocycles. The average molecular weight is 449 g/mol. The lowest BCUT2D eigenvalue weighted by Crippen LogP contribution is -2.41. The Kier molecular flexibility index (Phi) is 6.34. The fourth-order valence-corrected chi connectivity index (χ4v) is 4.67. The van der Waals surface area contributed by atoms with Crippen LogP contribution in [0.3, 0.4) is 0 Å². The number of nitrogens with one attached hydrogen (secondary N) is 1. The van der Waals surface area contributed by atoms with Gasteiger partial charge in [-0.05, 0) is 43.4 Å². The molecule has 0 aliphatic carbocycles. The minimum absolute atomic E-state index is 0.0259. The Morgan fingerprint density at radius 1 is 1.26 bits per heavy atom. The average Bonchev–Trinajstić information content (AvgIpc) is 2.73. The third-order valence-corrected chi connectivity index (χ3v) is 6.45. The van der Waals surface area contributed by atoms with Crippen molar-refractivity contribution in [1.82, 2.24) is 4.90 Å². The van der Waals surface area contributed by atoms with E-state index in [1.165, 1.54) is 25.3 Å². The standard InChI is InChI=1S/C20H24N4O6S/c1-13-10-17(14-6-8-23(9-7-14)20(21)22)19(29-2)18(11-13)30-31(27,28)16-5-3-4-15(12-16)24(25)26/h3-5,10-12,14H,6-9H2,1-2H3,(H3,21,22). The molecule has 3 N–H and O–H groups in total. The van der Waals surface area contributed by atoms with Gasteiger partial charge in [0.25, 0.3) is 5.69 Å². The molecule has 0 amide bonds. The zero-order valence-electron chi connectivity index (χ0n) is 17.2. The second kappa shape index (κ2) is 8.80. The van der Waals surface area contributed by atoms with E-state index in [1.54, 1.807) is 11.0 Å². The molecule has 2 aromatic carbocycles. The Morgan fingerprint density at radius 3 is 2.52 bits per heavy atom. The Hall–Kier alpha value is -3.34. The number of guanidine groups is 1. The maximum atomic E-state index is 12.8. The molecule has 166 valence electrons. The summed E-state index contributed by atoms with van der Waals surface area (Å²) in [6, 6.07) is 8.18. The summed E-state index contributed by atoms with van der Waals surface area (Å²) in [5, 5.41) is 18.6. The van der Waals surface area contributed by atoms with Crippen molar-refractivity contribution in [3.63, 3.8) is 0 Å². The van der Waals surface area contributed by atoms with Crippen LogP contribution in [0.4, 0.5) is 5.69 Å². The Bertz CT molecular complexity index is 1110. The summed E-state index contributed by atoms with van der Waals surface area (Å²) in [6.45, 7) is 3.04. The van der Waals surface area contributed by atoms with Crippen molar-refractivity contribution < 1.29 is 22.3 Å². The molecule has 1 aliphatic rings. The van der Waals surface area contributed by atoms with E-state index in [-0.39, 0.29) is 28.2 Å². The molecule has 0 atom stereocenters. The van der Waals surface area contributed by atoms with Crippen molar-refractivity contribution in [1.29, 1.82) is 5.41 Å². The van der Waals surface area contributed by atoms with Crippen molar-refractivity contribution >= 4 is 21.8 Å². The summed E-state index contributed by atoms with van der Waals surface area (Å²) < 4.78 is 36.5. The van der Waals surface area contributed by atoms with Gasteiger partial charge >= 0.3 is 10.1 Å². The van der Waals surface area contributed by atoms with Gasteiger partial charge in [-0.15, -0.1) is 0 Å². The van der Waals surface area contributed by atoms with E-state index in [0.717, 1.165) is 30.0 Å². The van der Waals surface area contributed by atoms with Gasteiger partial charge in [0, 0.05) is 30.8 Å². The number of nitro groups is 1. The van der Waals surface area contributed by atoms with E-state index >= 15 is 0 Å². The van der Waals surface area contributed by atoms with E-state index in [2.05, 4.69) is 0 Å². The molecule has 1 fully saturated rings. The molecule has 2 aromatic rings. The molecule has 31 heavy (non-hydrogen) atoms. The number of ether oxygens (including phenoxy) is 1. The van der Waals surface area contributed by atoms with E-state index in [4.69, 9.17) is 20.1 Å². The van der Waals surface area contributed by atoms with Crippen molar-refractivity contribution in [3.05, 3.63) is 57.6 Å². The number of rotatable bonds is 6. The summed E-state index contributed by atoms with van der Waals surface area (Å²) in [5.41, 5.74) is 6.82. The van der Waals surface area contributed by atoms with Gasteiger partial charge in [-0.3, -0.25) is 15.5 Å². The van der Waals surface area contributed by atoms with Crippen LogP contribution in [0.5, 0.6) is 11.5 Å². The molecule has 3 rings (SSSR count). The molecule has 0 saturated carbocycles. The minimum Gasteiger partial charge on any atom is -0.492 e. The Labute approximate surface area is 180 Å². The number of hydrogen-bond donors (Lipinski definition) is 2. The number of likely N-dealkylation sites (tertiary alicyclic amines) is 1. The first-order chi connectivity index (χ1) is 14.6. The maximum absolute atomic E-state index is 12.8. The highest BCUT2D eigenvalue weighted by molar-refractivity contribution is 7.87. The number of nitrogens with zero attached hydrogens (tertiary/aromatic N) is 2. The van der Waals surface area contributed by atoms with E-state index in [9.17, 15) is 18.5 Å². The molecule has 0 aromatic heterocycles. The second-order valence-electron chi connectivity index (χ2n) is 7.32. The van der Waals surface area contributed by atoms with Crippen molar-refractivity contribution in [2.24, 2.45) is 5.73 Å². The molecule has 0 radical (unpaired) electrons. The van der Waals surface area contributed by atoms with Gasteiger partial charge in [0.05, 0.1) is 12.0 Å². The fourth-order valence-electron chi connectivity index (χ4n) is 3.70. The van der Waals surface area contributed by atoms with Crippen LogP contribution in [0.1, 0.15) is 29.9 Å². The number of piperidine rings is 1. The summed E-state index contributed by atoms with van der Waals surface area (Å²) >= 11 is 0. The highest BCUT2D eigenvalue weighted by Gasteiger charge is 2.28. The van der Waals surface area contributed by atoms with Crippen molar-refractivity contribution in [2.75, 3.05) is 20.2 Å². The highest BCUT2D eigenvalue weighted by Crippen LogP contribution is 2.42. The number of benzene rings is 2. The van der Waals surface area contributed by atoms with Gasteiger partial charge in [0.2, 0.25) is 0 Å². The lowest BCUT2D eigenvalue weighted by molar-refractivity contribution is -0.385. The number of methoxy groups -OCH3 is 1. The summed E-state index contributed by atoms with van der Waals surface area (Å²) in [5.74, 6) is 0.439. The number of nitro benzene ring substituents is 1. The third-order valence-electron chi connectivity index (χ3n) is 5.22. The molecule has 0 unspecified atom stereocenters. The predicted molar refractivity (Wildman–Crippen MR) is 114 cm³/mol. The normalized spacial score (nSPS) is 14.8. The zero-order valence-corrected chi connectivity index (χ0v) is 18.0. The summed E-state index contributed by atoms with van der Waals surface area (Å²) in [6.07, 6.45) is 1.44. The molecule has 0 spiro atoms. The van der Waals surface area contributed by atoms with E-state index < -0.39 is 15.0 Å². The first-order valence-corrected chi connectivity index (χ1v) is 11.0. The highest BCUT2D eigenvalue weighted by atomic mass is 32.2. The molecule has 1 heterocycles. The van der Waals surface area contributed by atoms with Gasteiger partial charge in [0.1, 0.15) is 4.90 Å². The monoisotopic (exact) mass is 448 g/mol. The van der Waals surface area contributed by atoms with Crippen LogP contribution in [-0.4, -0.2) is 44.4 Å². The second-order valence-corrected chi connectivity index (χ2v) is 8.87. The van der Waals surface area contributed by atoms with Gasteiger partial charge in [-0.2, -0.15) is 8.42 Å². The zero-order chi connectivity index (χ0) is 22.8. The molecule has 1 saturated heterocycles. The van der Waals surface area contributed by atoms with Crippen LogP contribution < -0.4 is 14.7 Å². The molecular formula is C20H24N4O6S. The largest absolute Gasteiger partial charge is 0.492 e. The van der Waals surface area contributed by atoms with Gasteiger partial charge in [-0.1, -0.05) is 12.1 Å². The van der Waals surface area contributed by atoms with E-state index in [0.29, 0.717) is 18.8 Å². The van der Waals surface area contributed by atoms with Crippen molar-refractivity contribution in [3.8, 4) is 11.5 Å². The predicted octanol–water partition coefficient (Wildman–Crippen LogP) is 2.75. The van der Waals surface area contributed by atoms with Crippen LogP contribution in [0.2, 0.25) is 0 Å². The fraction of sp³-hybridized carbons (Fsp3) is 0.350. The SMILES string of the molecule is COc1c(OS(=O)(=O)c2cccc([N+](=O)[O-])c2)cc(C)cc1C1CCN(C(=N)N)CC1. The van der Waals surface area contributed by atoms with Crippen LogP contribution >= 0.6 is 0 Å². The van der Waals surface area contributed by atoms with Crippen LogP contribution in [0.15, 0.2) is 41.3 Å². The maximum Gasteiger partial charge on any atom is 0.339 e. The Morgan fingerprint density at radius 2 is 1.94 bits per heavy atom. The van der Waals surface area contributed by atoms with Crippen LogP contribution in [0.25, 0.3) is 0 Å². The van der Waals surface area contributed by atoms with Gasteiger partial charge < -0.3 is 19.6 Å². The molecule has 11 heteroatoms. The number of aryl methyl sites for hydroxylation is 1. The van der Waals surface area contributed by atoms with Gasteiger partial charge in [-0.25, -0.2) is 0 Å². The first kappa shape index (κ1) is 22.3. The van der Waals surface area contributed by atoms with Crippen LogP contribution in [-0.2, 0) is 10.1 Å². The van der Waals surface area contributed by atoms with E-state index in [1.807, 2.05) is 13.0 Å². The van der Waals surface area contributed by atoms with Gasteiger partial charge in [0.15, 0.2) is 17.5 Å². The van der Waals surface area contributed by atoms with Crippen molar-refractivity contribution in [2.45, 2.75) is 30.6 Å².